The molecule has 0 aliphatic heterocycles. The highest BCUT2D eigenvalue weighted by Gasteiger charge is 2.22. The van der Waals surface area contributed by atoms with Gasteiger partial charge in [0.05, 0.1) is 34.6 Å². The van der Waals surface area contributed by atoms with Gasteiger partial charge in [-0.25, -0.2) is 9.97 Å². The normalized spacial score (nSPS) is 12.0. The van der Waals surface area contributed by atoms with Crippen LogP contribution in [0.2, 0.25) is 0 Å². The summed E-state index contributed by atoms with van der Waals surface area (Å²) in [5.41, 5.74) is 7.18. The summed E-state index contributed by atoms with van der Waals surface area (Å²) >= 11 is 0. The van der Waals surface area contributed by atoms with Gasteiger partial charge >= 0.3 is 0 Å². The van der Waals surface area contributed by atoms with Crippen LogP contribution in [0.1, 0.15) is 0 Å². The summed E-state index contributed by atoms with van der Waals surface area (Å²) in [6.45, 7) is 0. The summed E-state index contributed by atoms with van der Waals surface area (Å²) in [4.78, 5) is 14.2. The van der Waals surface area contributed by atoms with Crippen LogP contribution >= 0.6 is 0 Å². The Bertz CT molecular complexity index is 2110. The van der Waals surface area contributed by atoms with Crippen molar-refractivity contribution >= 4 is 54.8 Å². The van der Waals surface area contributed by atoms with Gasteiger partial charge in [-0.1, -0.05) is 66.7 Å². The molecule has 0 aliphatic carbocycles. The molecule has 0 atom stereocenters. The van der Waals surface area contributed by atoms with Crippen molar-refractivity contribution in [1.82, 2.24) is 28.7 Å². The van der Waals surface area contributed by atoms with E-state index in [9.17, 15) is 0 Å². The van der Waals surface area contributed by atoms with E-state index in [0.29, 0.717) is 11.6 Å². The minimum absolute atomic E-state index is 0.616. The predicted octanol–water partition coefficient (Wildman–Crippen LogP) is 6.56. The van der Waals surface area contributed by atoms with E-state index in [1.165, 1.54) is 27.1 Å². The van der Waals surface area contributed by atoms with Crippen LogP contribution in [0, 0.1) is 0 Å². The lowest BCUT2D eigenvalue weighted by Gasteiger charge is -2.11. The zero-order valence-corrected chi connectivity index (χ0v) is 19.5. The highest BCUT2D eigenvalue weighted by atomic mass is 15.2. The number of rotatable bonds is 2. The van der Waals surface area contributed by atoms with Crippen molar-refractivity contribution in [2.75, 3.05) is 0 Å². The summed E-state index contributed by atoms with van der Waals surface area (Å²) in [7, 11) is 1.96. The molecule has 0 saturated carbocycles. The summed E-state index contributed by atoms with van der Waals surface area (Å²) in [5.74, 6) is 0.616. The maximum atomic E-state index is 4.91. The second kappa shape index (κ2) is 7.02. The molecule has 6 heteroatoms. The maximum absolute atomic E-state index is 4.91. The number of para-hydroxylation sites is 3. The van der Waals surface area contributed by atoms with Gasteiger partial charge < -0.3 is 9.13 Å². The van der Waals surface area contributed by atoms with E-state index < -0.39 is 0 Å². The van der Waals surface area contributed by atoms with E-state index in [2.05, 4.69) is 105 Å². The highest BCUT2D eigenvalue weighted by Crippen LogP contribution is 2.41. The Morgan fingerprint density at radius 3 is 1.89 bits per heavy atom. The van der Waals surface area contributed by atoms with Gasteiger partial charge in [0.25, 0.3) is 0 Å². The van der Waals surface area contributed by atoms with Crippen LogP contribution in [0.15, 0.2) is 104 Å². The van der Waals surface area contributed by atoms with E-state index in [4.69, 9.17) is 9.97 Å². The fourth-order valence-corrected chi connectivity index (χ4v) is 5.57. The van der Waals surface area contributed by atoms with Crippen LogP contribution in [-0.4, -0.2) is 28.7 Å². The average Bonchev–Trinajstić information content (AvgIpc) is 3.58. The first-order valence-electron chi connectivity index (χ1n) is 11.9. The van der Waals surface area contributed by atoms with Crippen LogP contribution in [0.25, 0.3) is 66.4 Å². The number of hydrogen-bond acceptors (Lipinski definition) is 3. The van der Waals surface area contributed by atoms with E-state index in [1.807, 2.05) is 17.8 Å². The Morgan fingerprint density at radius 2 is 1.17 bits per heavy atom. The molecule has 4 aromatic heterocycles. The molecule has 8 rings (SSSR count). The van der Waals surface area contributed by atoms with E-state index in [-0.39, 0.29) is 0 Å². The van der Waals surface area contributed by atoms with Crippen LogP contribution in [0.4, 0.5) is 0 Å². The summed E-state index contributed by atoms with van der Waals surface area (Å²) in [6.07, 6.45) is 3.64. The summed E-state index contributed by atoms with van der Waals surface area (Å²) < 4.78 is 6.50. The standard InChI is InChI=1S/C30H20N6/c1-34-18-32-29-26(34)17-31-30(33-29)36-25-14-8-6-12-21(25)23-16-15-22-20-11-5-7-13-24(20)35(27(22)28(23)36)19-9-3-2-4-10-19/h2-18H,1H3. The zero-order chi connectivity index (χ0) is 23.8. The van der Waals surface area contributed by atoms with Gasteiger partial charge in [-0.15, -0.1) is 0 Å². The quantitative estimate of drug-likeness (QED) is 0.291. The fourth-order valence-electron chi connectivity index (χ4n) is 5.57. The molecule has 0 saturated heterocycles. The van der Waals surface area contributed by atoms with Gasteiger partial charge in [0.1, 0.15) is 5.52 Å². The molecular weight excluding hydrogens is 444 g/mol. The molecule has 0 radical (unpaired) electrons. The molecule has 36 heavy (non-hydrogen) atoms. The van der Waals surface area contributed by atoms with Crippen molar-refractivity contribution < 1.29 is 0 Å². The average molecular weight is 465 g/mol. The van der Waals surface area contributed by atoms with Gasteiger partial charge in [0.2, 0.25) is 5.95 Å². The summed E-state index contributed by atoms with van der Waals surface area (Å²) in [6, 6.07) is 32.1. The fraction of sp³-hybridized carbons (Fsp3) is 0.0333. The number of fused-ring (bicyclic) bond motifs is 8. The number of imidazole rings is 1. The zero-order valence-electron chi connectivity index (χ0n) is 19.5. The Morgan fingerprint density at radius 1 is 0.556 bits per heavy atom. The SMILES string of the molecule is Cn1cnc2nc(-n3c4ccccc4c4ccc5c6ccccc6n(-c6ccccc6)c5c43)ncc21. The van der Waals surface area contributed by atoms with Crippen LogP contribution in [0.5, 0.6) is 0 Å². The summed E-state index contributed by atoms with van der Waals surface area (Å²) in [5, 5.41) is 4.76. The first kappa shape index (κ1) is 19.3. The van der Waals surface area contributed by atoms with Gasteiger partial charge in [-0.3, -0.25) is 4.57 Å². The monoisotopic (exact) mass is 464 g/mol. The van der Waals surface area contributed by atoms with E-state index in [0.717, 1.165) is 27.8 Å². The van der Waals surface area contributed by atoms with Gasteiger partial charge in [-0.05, 0) is 24.3 Å². The highest BCUT2D eigenvalue weighted by molar-refractivity contribution is 6.23. The molecule has 170 valence electrons. The number of benzene rings is 4. The molecule has 4 aromatic carbocycles. The van der Waals surface area contributed by atoms with Crippen molar-refractivity contribution in [2.24, 2.45) is 7.05 Å². The maximum Gasteiger partial charge on any atom is 0.236 e. The third kappa shape index (κ3) is 2.47. The molecule has 8 aromatic rings. The first-order valence-corrected chi connectivity index (χ1v) is 11.9. The van der Waals surface area contributed by atoms with Gasteiger partial charge in [-0.2, -0.15) is 4.98 Å². The lowest BCUT2D eigenvalue weighted by Crippen LogP contribution is -2.03. The largest absolute Gasteiger partial charge is 0.331 e. The van der Waals surface area contributed by atoms with Crippen molar-refractivity contribution in [3.05, 3.63) is 104 Å². The Kier molecular flexibility index (Phi) is 3.77. The minimum atomic E-state index is 0.616. The third-order valence-corrected chi connectivity index (χ3v) is 7.15. The molecule has 0 bridgehead atoms. The second-order valence-electron chi connectivity index (χ2n) is 9.13. The van der Waals surface area contributed by atoms with Crippen molar-refractivity contribution in [2.45, 2.75) is 0 Å². The minimum Gasteiger partial charge on any atom is -0.331 e. The predicted molar refractivity (Wildman–Crippen MR) is 145 cm³/mol. The molecule has 0 unspecified atom stereocenters. The number of nitrogens with zero attached hydrogens (tertiary/aromatic N) is 6. The molecule has 4 heterocycles. The third-order valence-electron chi connectivity index (χ3n) is 7.15. The van der Waals surface area contributed by atoms with E-state index >= 15 is 0 Å². The van der Waals surface area contributed by atoms with Gasteiger partial charge in [0.15, 0.2) is 5.65 Å². The molecule has 0 aliphatic rings. The second-order valence-corrected chi connectivity index (χ2v) is 9.13. The molecule has 0 amide bonds. The Balaban J connectivity index is 1.63. The number of aryl methyl sites for hydroxylation is 1. The molecule has 0 N–H and O–H groups in total. The Labute approximate surface area is 205 Å². The lowest BCUT2D eigenvalue weighted by molar-refractivity contribution is 0.940. The molecule has 6 nitrogen and oxygen atoms in total. The van der Waals surface area contributed by atoms with Crippen LogP contribution in [0.3, 0.4) is 0 Å². The van der Waals surface area contributed by atoms with Crippen LogP contribution < -0.4 is 0 Å². The van der Waals surface area contributed by atoms with Crippen molar-refractivity contribution in [1.29, 1.82) is 0 Å². The topological polar surface area (TPSA) is 53.5 Å². The number of hydrogen-bond donors (Lipinski definition) is 0. The van der Waals surface area contributed by atoms with Crippen molar-refractivity contribution in [3.63, 3.8) is 0 Å². The molecular formula is C30H20N6. The Hall–Kier alpha value is -4.97. The van der Waals surface area contributed by atoms with Crippen molar-refractivity contribution in [3.8, 4) is 11.6 Å². The van der Waals surface area contributed by atoms with Gasteiger partial charge in [0, 0.05) is 34.3 Å². The smallest absolute Gasteiger partial charge is 0.236 e. The van der Waals surface area contributed by atoms with Crippen LogP contribution in [-0.2, 0) is 7.05 Å². The van der Waals surface area contributed by atoms with E-state index in [1.54, 1.807) is 6.33 Å². The number of aromatic nitrogens is 6. The molecule has 0 spiro atoms. The lowest BCUT2D eigenvalue weighted by atomic mass is 10.1. The molecule has 0 fully saturated rings. The first-order chi connectivity index (χ1) is 17.8.